The summed E-state index contributed by atoms with van der Waals surface area (Å²) in [5.74, 6) is 0. The van der Waals surface area contributed by atoms with Crippen LogP contribution in [-0.4, -0.2) is 6.04 Å². The van der Waals surface area contributed by atoms with Crippen LogP contribution in [0, 0.1) is 0 Å². The van der Waals surface area contributed by atoms with Gasteiger partial charge in [-0.15, -0.1) is 11.3 Å². The van der Waals surface area contributed by atoms with Crippen molar-refractivity contribution in [2.75, 3.05) is 0 Å². The van der Waals surface area contributed by atoms with E-state index in [2.05, 4.69) is 30.5 Å². The topological polar surface area (TPSA) is 26.0 Å². The van der Waals surface area contributed by atoms with Gasteiger partial charge in [0.25, 0.3) is 0 Å². The smallest absolute Gasteiger partial charge is 0.0646 e. The summed E-state index contributed by atoms with van der Waals surface area (Å²) in [6.45, 7) is 2.11. The Bertz CT molecular complexity index is 497. The van der Waals surface area contributed by atoms with Crippen LogP contribution in [0.25, 0.3) is 0 Å². The third kappa shape index (κ3) is 3.51. The molecule has 0 saturated carbocycles. The van der Waals surface area contributed by atoms with E-state index in [-0.39, 0.29) is 6.04 Å². The van der Waals surface area contributed by atoms with E-state index in [4.69, 9.17) is 17.3 Å². The maximum Gasteiger partial charge on any atom is 0.0646 e. The number of hydrogen-bond acceptors (Lipinski definition) is 3. The summed E-state index contributed by atoms with van der Waals surface area (Å²) < 4.78 is 1.26. The van der Waals surface area contributed by atoms with Gasteiger partial charge in [0.05, 0.1) is 9.23 Å². The van der Waals surface area contributed by atoms with Crippen molar-refractivity contribution in [2.24, 2.45) is 5.73 Å². The molecule has 1 heterocycles. The van der Waals surface area contributed by atoms with Crippen molar-refractivity contribution >= 4 is 34.7 Å². The third-order valence-corrected chi connectivity index (χ3v) is 5.40. The van der Waals surface area contributed by atoms with Crippen molar-refractivity contribution in [2.45, 2.75) is 34.9 Å². The Kier molecular flexibility index (Phi) is 5.13. The van der Waals surface area contributed by atoms with Crippen LogP contribution in [-0.2, 0) is 6.42 Å². The number of hydrogen-bond donors (Lipinski definition) is 1. The van der Waals surface area contributed by atoms with Crippen molar-refractivity contribution in [3.05, 3.63) is 46.3 Å². The largest absolute Gasteiger partial charge is 0.327 e. The van der Waals surface area contributed by atoms with Crippen molar-refractivity contribution in [3.63, 3.8) is 0 Å². The van der Waals surface area contributed by atoms with Crippen LogP contribution >= 0.6 is 34.7 Å². The molecule has 1 aromatic carbocycles. The average Bonchev–Trinajstić information content (AvgIpc) is 2.86. The summed E-state index contributed by atoms with van der Waals surface area (Å²) in [6, 6.07) is 10.4. The van der Waals surface area contributed by atoms with Crippen molar-refractivity contribution < 1.29 is 0 Å². The molecule has 2 aromatic rings. The number of nitrogens with two attached hydrogens (primary N) is 1. The normalized spacial score (nSPS) is 12.6. The summed E-state index contributed by atoms with van der Waals surface area (Å²) in [6.07, 6.45) is 1.86. The first-order valence-electron chi connectivity index (χ1n) is 5.95. The molecule has 18 heavy (non-hydrogen) atoms. The van der Waals surface area contributed by atoms with Crippen LogP contribution < -0.4 is 5.73 Å². The lowest BCUT2D eigenvalue weighted by Gasteiger charge is -2.13. The Morgan fingerprint density at radius 1 is 1.33 bits per heavy atom. The van der Waals surface area contributed by atoms with E-state index >= 15 is 0 Å². The Hall–Kier alpha value is -0.480. The zero-order valence-electron chi connectivity index (χ0n) is 10.2. The fourth-order valence-corrected chi connectivity index (χ4v) is 3.84. The highest BCUT2D eigenvalue weighted by atomic mass is 35.5. The fraction of sp³-hybridized carbons (Fsp3) is 0.286. The maximum absolute atomic E-state index is 6.32. The molecule has 0 fully saturated rings. The first-order chi connectivity index (χ1) is 8.70. The fourth-order valence-electron chi connectivity index (χ4n) is 1.68. The molecule has 1 unspecified atom stereocenters. The molecule has 1 nitrogen and oxygen atoms in total. The zero-order valence-corrected chi connectivity index (χ0v) is 12.6. The van der Waals surface area contributed by atoms with Gasteiger partial charge < -0.3 is 5.73 Å². The van der Waals surface area contributed by atoms with Gasteiger partial charge in [-0.3, -0.25) is 0 Å². The van der Waals surface area contributed by atoms with E-state index in [1.807, 2.05) is 12.1 Å². The zero-order chi connectivity index (χ0) is 13.0. The number of rotatable bonds is 5. The molecule has 2 N–H and O–H groups in total. The number of thiophene rings is 1. The Morgan fingerprint density at radius 2 is 2.17 bits per heavy atom. The second kappa shape index (κ2) is 6.62. The van der Waals surface area contributed by atoms with Crippen LogP contribution in [0.4, 0.5) is 0 Å². The molecule has 1 aromatic heterocycles. The van der Waals surface area contributed by atoms with E-state index in [0.717, 1.165) is 22.8 Å². The molecule has 0 bridgehead atoms. The monoisotopic (exact) mass is 297 g/mol. The second-order valence-corrected chi connectivity index (χ2v) is 6.80. The highest BCUT2D eigenvalue weighted by Gasteiger charge is 2.11. The molecule has 0 radical (unpaired) electrons. The summed E-state index contributed by atoms with van der Waals surface area (Å²) >= 11 is 9.78. The molecule has 96 valence electrons. The molecule has 4 heteroatoms. The molecule has 0 amide bonds. The van der Waals surface area contributed by atoms with E-state index in [9.17, 15) is 0 Å². The van der Waals surface area contributed by atoms with Gasteiger partial charge in [-0.1, -0.05) is 48.5 Å². The number of halogens is 1. The predicted octanol–water partition coefficient (Wildman–Crippen LogP) is 4.83. The van der Waals surface area contributed by atoms with Crippen LogP contribution in [0.1, 0.15) is 18.9 Å². The van der Waals surface area contributed by atoms with Gasteiger partial charge in [-0.2, -0.15) is 0 Å². The van der Waals surface area contributed by atoms with Crippen molar-refractivity contribution in [1.82, 2.24) is 0 Å². The van der Waals surface area contributed by atoms with E-state index in [0.29, 0.717) is 0 Å². The molecule has 0 saturated heterocycles. The summed E-state index contributed by atoms with van der Waals surface area (Å²) in [4.78, 5) is 1.14. The minimum absolute atomic E-state index is 0.200. The minimum atomic E-state index is 0.200. The van der Waals surface area contributed by atoms with Gasteiger partial charge in [0.15, 0.2) is 0 Å². The number of benzene rings is 1. The summed E-state index contributed by atoms with van der Waals surface area (Å²) in [7, 11) is 0. The SMILES string of the molecule is CCC(N)Cc1cccc(Cl)c1Sc1cccs1. The first kappa shape index (κ1) is 13.9. The molecule has 0 aliphatic carbocycles. The van der Waals surface area contributed by atoms with Crippen molar-refractivity contribution in [3.8, 4) is 0 Å². The van der Waals surface area contributed by atoms with Crippen molar-refractivity contribution in [1.29, 1.82) is 0 Å². The van der Waals surface area contributed by atoms with Gasteiger partial charge in [0, 0.05) is 10.9 Å². The Labute approximate surface area is 121 Å². The quantitative estimate of drug-likeness (QED) is 0.855. The molecule has 1 atom stereocenters. The lowest BCUT2D eigenvalue weighted by Crippen LogP contribution is -2.21. The molecule has 0 aliphatic heterocycles. The standard InChI is InChI=1S/C14H16ClNS2/c1-2-11(16)9-10-5-3-6-12(15)14(10)18-13-7-4-8-17-13/h3-8,11H,2,9,16H2,1H3. The third-order valence-electron chi connectivity index (χ3n) is 2.75. The van der Waals surface area contributed by atoms with E-state index in [1.165, 1.54) is 9.77 Å². The summed E-state index contributed by atoms with van der Waals surface area (Å²) in [5.41, 5.74) is 7.29. The average molecular weight is 298 g/mol. The summed E-state index contributed by atoms with van der Waals surface area (Å²) in [5, 5.41) is 2.89. The van der Waals surface area contributed by atoms with Crippen LogP contribution in [0.5, 0.6) is 0 Å². The molecule has 0 spiro atoms. The lowest BCUT2D eigenvalue weighted by atomic mass is 10.0. The van der Waals surface area contributed by atoms with Gasteiger partial charge in [0.2, 0.25) is 0 Å². The molecular weight excluding hydrogens is 282 g/mol. The predicted molar refractivity (Wildman–Crippen MR) is 81.9 cm³/mol. The van der Waals surface area contributed by atoms with Crippen LogP contribution in [0.3, 0.4) is 0 Å². The Morgan fingerprint density at radius 3 is 2.83 bits per heavy atom. The lowest BCUT2D eigenvalue weighted by molar-refractivity contribution is 0.641. The van der Waals surface area contributed by atoms with Gasteiger partial charge in [-0.05, 0) is 35.9 Å². The first-order valence-corrected chi connectivity index (χ1v) is 8.02. The van der Waals surface area contributed by atoms with Gasteiger partial charge in [-0.25, -0.2) is 0 Å². The molecule has 0 aliphatic rings. The van der Waals surface area contributed by atoms with Gasteiger partial charge in [0.1, 0.15) is 0 Å². The van der Waals surface area contributed by atoms with E-state index < -0.39 is 0 Å². The highest BCUT2D eigenvalue weighted by Crippen LogP contribution is 2.38. The Balaban J connectivity index is 2.26. The van der Waals surface area contributed by atoms with Gasteiger partial charge >= 0.3 is 0 Å². The van der Waals surface area contributed by atoms with Crippen LogP contribution in [0.2, 0.25) is 5.02 Å². The second-order valence-electron chi connectivity index (χ2n) is 4.13. The molecule has 2 rings (SSSR count). The van der Waals surface area contributed by atoms with Crippen LogP contribution in [0.15, 0.2) is 44.8 Å². The highest BCUT2D eigenvalue weighted by molar-refractivity contribution is 8.01. The minimum Gasteiger partial charge on any atom is -0.327 e. The molecular formula is C14H16ClNS2. The maximum atomic E-state index is 6.32. The van der Waals surface area contributed by atoms with E-state index in [1.54, 1.807) is 23.1 Å².